The van der Waals surface area contributed by atoms with Crippen LogP contribution < -0.4 is 5.32 Å². The zero-order chi connectivity index (χ0) is 13.8. The SMILES string of the molecule is Cc1cnn(CCC(=O)Nc2cc(Cl)ccc2C)c1. The Kier molecular flexibility index (Phi) is 4.22. The number of nitrogens with one attached hydrogen (secondary N) is 1. The van der Waals surface area contributed by atoms with Gasteiger partial charge in [0.05, 0.1) is 6.20 Å². The highest BCUT2D eigenvalue weighted by molar-refractivity contribution is 6.31. The van der Waals surface area contributed by atoms with Crippen molar-refractivity contribution in [2.45, 2.75) is 26.8 Å². The quantitative estimate of drug-likeness (QED) is 0.933. The standard InChI is InChI=1S/C14H16ClN3O/c1-10-8-16-18(9-10)6-5-14(19)17-13-7-12(15)4-3-11(13)2/h3-4,7-9H,5-6H2,1-2H3,(H,17,19). The molecule has 0 aliphatic rings. The first-order valence-electron chi connectivity index (χ1n) is 6.09. The van der Waals surface area contributed by atoms with Crippen LogP contribution in [-0.4, -0.2) is 15.7 Å². The van der Waals surface area contributed by atoms with E-state index in [1.807, 2.05) is 26.1 Å². The van der Waals surface area contributed by atoms with Gasteiger partial charge >= 0.3 is 0 Å². The average Bonchev–Trinajstić information content (AvgIpc) is 2.77. The fourth-order valence-electron chi connectivity index (χ4n) is 1.75. The average molecular weight is 278 g/mol. The summed E-state index contributed by atoms with van der Waals surface area (Å²) in [6.45, 7) is 4.47. The van der Waals surface area contributed by atoms with Crippen LogP contribution in [0.2, 0.25) is 5.02 Å². The minimum absolute atomic E-state index is 0.0430. The van der Waals surface area contributed by atoms with E-state index in [9.17, 15) is 4.79 Å². The summed E-state index contributed by atoms with van der Waals surface area (Å²) in [6.07, 6.45) is 4.07. The summed E-state index contributed by atoms with van der Waals surface area (Å²) in [5, 5.41) is 7.62. The van der Waals surface area contributed by atoms with Crippen LogP contribution in [0.4, 0.5) is 5.69 Å². The first-order chi connectivity index (χ1) is 9.04. The van der Waals surface area contributed by atoms with Gasteiger partial charge in [0.1, 0.15) is 0 Å². The van der Waals surface area contributed by atoms with Gasteiger partial charge in [-0.2, -0.15) is 5.10 Å². The minimum Gasteiger partial charge on any atom is -0.326 e. The lowest BCUT2D eigenvalue weighted by atomic mass is 10.2. The van der Waals surface area contributed by atoms with Crippen LogP contribution in [-0.2, 0) is 11.3 Å². The van der Waals surface area contributed by atoms with E-state index in [0.717, 1.165) is 16.8 Å². The molecule has 5 heteroatoms. The summed E-state index contributed by atoms with van der Waals surface area (Å²) in [4.78, 5) is 11.9. The van der Waals surface area contributed by atoms with Crippen LogP contribution in [0.3, 0.4) is 0 Å². The zero-order valence-electron chi connectivity index (χ0n) is 11.0. The van der Waals surface area contributed by atoms with E-state index in [0.29, 0.717) is 18.0 Å². The van der Waals surface area contributed by atoms with Crippen molar-refractivity contribution in [2.75, 3.05) is 5.32 Å². The maximum Gasteiger partial charge on any atom is 0.226 e. The van der Waals surface area contributed by atoms with E-state index in [2.05, 4.69) is 10.4 Å². The van der Waals surface area contributed by atoms with Gasteiger partial charge in [-0.25, -0.2) is 0 Å². The molecule has 0 spiro atoms. The maximum absolute atomic E-state index is 11.9. The Labute approximate surface area is 117 Å². The Morgan fingerprint density at radius 2 is 2.21 bits per heavy atom. The molecule has 1 aromatic heterocycles. The molecular formula is C14H16ClN3O. The summed E-state index contributed by atoms with van der Waals surface area (Å²) in [7, 11) is 0. The van der Waals surface area contributed by atoms with E-state index in [4.69, 9.17) is 11.6 Å². The highest BCUT2D eigenvalue weighted by Crippen LogP contribution is 2.20. The highest BCUT2D eigenvalue weighted by atomic mass is 35.5. The van der Waals surface area contributed by atoms with Crippen molar-refractivity contribution in [3.63, 3.8) is 0 Å². The first kappa shape index (κ1) is 13.6. The topological polar surface area (TPSA) is 46.9 Å². The van der Waals surface area contributed by atoms with E-state index >= 15 is 0 Å². The second kappa shape index (κ2) is 5.89. The summed E-state index contributed by atoms with van der Waals surface area (Å²) < 4.78 is 1.76. The van der Waals surface area contributed by atoms with Crippen molar-refractivity contribution in [1.29, 1.82) is 0 Å². The molecule has 19 heavy (non-hydrogen) atoms. The number of aryl methyl sites for hydroxylation is 3. The van der Waals surface area contributed by atoms with Crippen molar-refractivity contribution in [3.8, 4) is 0 Å². The van der Waals surface area contributed by atoms with Gasteiger partial charge in [0.15, 0.2) is 0 Å². The number of benzene rings is 1. The summed E-state index contributed by atoms with van der Waals surface area (Å²) in [5.74, 6) is -0.0430. The fourth-order valence-corrected chi connectivity index (χ4v) is 1.92. The van der Waals surface area contributed by atoms with Crippen molar-refractivity contribution in [1.82, 2.24) is 9.78 Å². The molecule has 0 radical (unpaired) electrons. The van der Waals surface area contributed by atoms with Crippen molar-refractivity contribution < 1.29 is 4.79 Å². The smallest absolute Gasteiger partial charge is 0.226 e. The van der Waals surface area contributed by atoms with Gasteiger partial charge in [-0.05, 0) is 37.1 Å². The van der Waals surface area contributed by atoms with E-state index in [-0.39, 0.29) is 5.91 Å². The van der Waals surface area contributed by atoms with Crippen LogP contribution in [0, 0.1) is 13.8 Å². The molecule has 0 saturated heterocycles. The Balaban J connectivity index is 1.92. The second-order valence-electron chi connectivity index (χ2n) is 4.54. The third kappa shape index (κ3) is 3.83. The van der Waals surface area contributed by atoms with Gasteiger partial charge < -0.3 is 5.32 Å². The number of amides is 1. The predicted octanol–water partition coefficient (Wildman–Crippen LogP) is 3.18. The monoisotopic (exact) mass is 277 g/mol. The lowest BCUT2D eigenvalue weighted by Gasteiger charge is -2.08. The van der Waals surface area contributed by atoms with Gasteiger partial charge in [-0.3, -0.25) is 9.48 Å². The molecule has 0 unspecified atom stereocenters. The maximum atomic E-state index is 11.9. The summed E-state index contributed by atoms with van der Waals surface area (Å²) in [5.41, 5.74) is 2.84. The molecule has 1 heterocycles. The van der Waals surface area contributed by atoms with Crippen LogP contribution in [0.5, 0.6) is 0 Å². The zero-order valence-corrected chi connectivity index (χ0v) is 11.7. The molecule has 0 aliphatic carbocycles. The summed E-state index contributed by atoms with van der Waals surface area (Å²) in [6, 6.07) is 5.45. The lowest BCUT2D eigenvalue weighted by Crippen LogP contribution is -2.15. The molecule has 0 aliphatic heterocycles. The highest BCUT2D eigenvalue weighted by Gasteiger charge is 2.06. The Bertz CT molecular complexity index is 592. The molecule has 1 aromatic carbocycles. The molecule has 2 rings (SSSR count). The molecule has 1 N–H and O–H groups in total. The fraction of sp³-hybridized carbons (Fsp3) is 0.286. The van der Waals surface area contributed by atoms with Gasteiger partial charge in [0.2, 0.25) is 5.91 Å². The number of halogens is 1. The largest absolute Gasteiger partial charge is 0.326 e. The van der Waals surface area contributed by atoms with Gasteiger partial charge in [-0.15, -0.1) is 0 Å². The number of aromatic nitrogens is 2. The normalized spacial score (nSPS) is 10.5. The molecule has 0 saturated carbocycles. The molecule has 1 amide bonds. The molecule has 2 aromatic rings. The van der Waals surface area contributed by atoms with Crippen molar-refractivity contribution in [2.24, 2.45) is 0 Å². The van der Waals surface area contributed by atoms with Crippen LogP contribution >= 0.6 is 11.6 Å². The number of hydrogen-bond donors (Lipinski definition) is 1. The molecule has 4 nitrogen and oxygen atoms in total. The number of carbonyl (C=O) groups excluding carboxylic acids is 1. The summed E-state index contributed by atoms with van der Waals surface area (Å²) >= 11 is 5.91. The molecule has 0 fully saturated rings. The molecule has 100 valence electrons. The van der Waals surface area contributed by atoms with E-state index in [1.165, 1.54) is 0 Å². The third-order valence-corrected chi connectivity index (χ3v) is 3.04. The van der Waals surface area contributed by atoms with Gasteiger partial charge in [-0.1, -0.05) is 17.7 Å². The minimum atomic E-state index is -0.0430. The first-order valence-corrected chi connectivity index (χ1v) is 6.47. The lowest BCUT2D eigenvalue weighted by molar-refractivity contribution is -0.116. The Morgan fingerprint density at radius 1 is 1.42 bits per heavy atom. The predicted molar refractivity (Wildman–Crippen MR) is 76.4 cm³/mol. The Morgan fingerprint density at radius 3 is 2.89 bits per heavy atom. The van der Waals surface area contributed by atoms with Gasteiger partial charge in [0, 0.05) is 29.9 Å². The number of carbonyl (C=O) groups is 1. The van der Waals surface area contributed by atoms with E-state index in [1.54, 1.807) is 23.0 Å². The molecule has 0 bridgehead atoms. The number of nitrogens with zero attached hydrogens (tertiary/aromatic N) is 2. The molecular weight excluding hydrogens is 262 g/mol. The van der Waals surface area contributed by atoms with Crippen LogP contribution in [0.1, 0.15) is 17.5 Å². The number of hydrogen-bond acceptors (Lipinski definition) is 2. The van der Waals surface area contributed by atoms with E-state index < -0.39 is 0 Å². The van der Waals surface area contributed by atoms with Crippen molar-refractivity contribution in [3.05, 3.63) is 46.7 Å². The second-order valence-corrected chi connectivity index (χ2v) is 4.97. The van der Waals surface area contributed by atoms with Crippen LogP contribution in [0.15, 0.2) is 30.6 Å². The third-order valence-electron chi connectivity index (χ3n) is 2.80. The Hall–Kier alpha value is -1.81. The number of anilines is 1. The van der Waals surface area contributed by atoms with Crippen molar-refractivity contribution >= 4 is 23.2 Å². The number of rotatable bonds is 4. The van der Waals surface area contributed by atoms with Gasteiger partial charge in [0.25, 0.3) is 0 Å². The molecule has 0 atom stereocenters. The van der Waals surface area contributed by atoms with Crippen LogP contribution in [0.25, 0.3) is 0 Å².